The van der Waals surface area contributed by atoms with Crippen molar-refractivity contribution < 1.29 is 14.3 Å². The second-order valence-electron chi connectivity index (χ2n) is 5.01. The Morgan fingerprint density at radius 3 is 2.53 bits per heavy atom. The van der Waals surface area contributed by atoms with Gasteiger partial charge in [-0.2, -0.15) is 0 Å². The maximum Gasteiger partial charge on any atom is 0.308 e. The van der Waals surface area contributed by atoms with E-state index in [-0.39, 0.29) is 12.1 Å². The van der Waals surface area contributed by atoms with E-state index in [9.17, 15) is 4.79 Å². The molecule has 4 nitrogen and oxygen atoms in total. The molecule has 0 saturated carbocycles. The van der Waals surface area contributed by atoms with Gasteiger partial charge in [0, 0.05) is 0 Å². The maximum absolute atomic E-state index is 11.5. The fourth-order valence-corrected chi connectivity index (χ4v) is 1.67. The minimum Gasteiger partial charge on any atom is -0.462 e. The van der Waals surface area contributed by atoms with Gasteiger partial charge in [0.25, 0.3) is 0 Å². The Labute approximate surface area is 104 Å². The lowest BCUT2D eigenvalue weighted by Gasteiger charge is -2.23. The molecule has 0 aromatic carbocycles. The van der Waals surface area contributed by atoms with Crippen LogP contribution in [-0.2, 0) is 14.3 Å². The van der Waals surface area contributed by atoms with Crippen molar-refractivity contribution in [3.63, 3.8) is 0 Å². The van der Waals surface area contributed by atoms with E-state index in [0.717, 1.165) is 25.9 Å². The van der Waals surface area contributed by atoms with Gasteiger partial charge in [-0.15, -0.1) is 0 Å². The number of piperidine rings is 1. The molecule has 1 heterocycles. The maximum atomic E-state index is 11.5. The first kappa shape index (κ1) is 14.5. The molecule has 1 rings (SSSR count). The highest BCUT2D eigenvalue weighted by Gasteiger charge is 2.15. The van der Waals surface area contributed by atoms with Crippen LogP contribution in [0.15, 0.2) is 0 Å². The summed E-state index contributed by atoms with van der Waals surface area (Å²) in [6.07, 6.45) is 2.74. The highest BCUT2D eigenvalue weighted by atomic mass is 16.5. The quantitative estimate of drug-likeness (QED) is 0.722. The molecule has 0 amide bonds. The molecule has 0 bridgehead atoms. The van der Waals surface area contributed by atoms with E-state index in [0.29, 0.717) is 25.0 Å². The third kappa shape index (κ3) is 6.03. The predicted molar refractivity (Wildman–Crippen MR) is 66.9 cm³/mol. The van der Waals surface area contributed by atoms with Crippen LogP contribution in [0.2, 0.25) is 0 Å². The number of hydrogen-bond donors (Lipinski definition) is 1. The number of ether oxygens (including phenoxy) is 2. The number of rotatable bonds is 6. The van der Waals surface area contributed by atoms with Crippen LogP contribution in [0.1, 0.15) is 40.0 Å². The normalized spacial score (nSPS) is 19.3. The van der Waals surface area contributed by atoms with Gasteiger partial charge in [-0.3, -0.25) is 4.79 Å². The standard InChI is InChI=1S/C13H25NO3/c1-10(2)11(3)17-13(15)6-9-16-12-4-7-14-8-5-12/h10-12,14H,4-9H2,1-3H3. The predicted octanol–water partition coefficient (Wildman–Crippen LogP) is 1.73. The van der Waals surface area contributed by atoms with Crippen LogP contribution in [-0.4, -0.2) is 37.9 Å². The van der Waals surface area contributed by atoms with E-state index in [4.69, 9.17) is 9.47 Å². The van der Waals surface area contributed by atoms with Crippen molar-refractivity contribution >= 4 is 5.97 Å². The Balaban J connectivity index is 2.07. The highest BCUT2D eigenvalue weighted by Crippen LogP contribution is 2.09. The molecule has 1 aliphatic heterocycles. The first-order chi connectivity index (χ1) is 8.09. The van der Waals surface area contributed by atoms with Crippen LogP contribution in [0, 0.1) is 5.92 Å². The van der Waals surface area contributed by atoms with E-state index < -0.39 is 0 Å². The molecule has 4 heteroatoms. The van der Waals surface area contributed by atoms with Crippen molar-refractivity contribution in [2.75, 3.05) is 19.7 Å². The summed E-state index contributed by atoms with van der Waals surface area (Å²) in [4.78, 5) is 11.5. The first-order valence-corrected chi connectivity index (χ1v) is 6.61. The smallest absolute Gasteiger partial charge is 0.308 e. The summed E-state index contributed by atoms with van der Waals surface area (Å²) in [6.45, 7) is 8.52. The van der Waals surface area contributed by atoms with Gasteiger partial charge in [-0.25, -0.2) is 0 Å². The van der Waals surface area contributed by atoms with Crippen LogP contribution in [0.3, 0.4) is 0 Å². The minimum atomic E-state index is -0.153. The second-order valence-corrected chi connectivity index (χ2v) is 5.01. The molecule has 0 spiro atoms. The largest absolute Gasteiger partial charge is 0.462 e. The molecule has 1 N–H and O–H groups in total. The number of carbonyl (C=O) groups is 1. The van der Waals surface area contributed by atoms with Crippen molar-refractivity contribution in [2.45, 2.75) is 52.2 Å². The molecule has 0 radical (unpaired) electrons. The third-order valence-corrected chi connectivity index (χ3v) is 3.20. The molecule has 100 valence electrons. The molecule has 1 saturated heterocycles. The molecule has 0 aromatic rings. The van der Waals surface area contributed by atoms with Crippen LogP contribution in [0.4, 0.5) is 0 Å². The monoisotopic (exact) mass is 243 g/mol. The first-order valence-electron chi connectivity index (χ1n) is 6.61. The fourth-order valence-electron chi connectivity index (χ4n) is 1.67. The van der Waals surface area contributed by atoms with Crippen molar-refractivity contribution in [1.29, 1.82) is 0 Å². The zero-order chi connectivity index (χ0) is 12.7. The number of carbonyl (C=O) groups excluding carboxylic acids is 1. The van der Waals surface area contributed by atoms with Gasteiger partial charge in [-0.1, -0.05) is 13.8 Å². The molecular weight excluding hydrogens is 218 g/mol. The van der Waals surface area contributed by atoms with Gasteiger partial charge in [-0.05, 0) is 38.8 Å². The number of hydrogen-bond acceptors (Lipinski definition) is 4. The molecular formula is C13H25NO3. The van der Waals surface area contributed by atoms with Gasteiger partial charge >= 0.3 is 5.97 Å². The second kappa shape index (κ2) is 7.67. The Morgan fingerprint density at radius 1 is 1.29 bits per heavy atom. The van der Waals surface area contributed by atoms with Crippen LogP contribution >= 0.6 is 0 Å². The summed E-state index contributed by atoms with van der Waals surface area (Å²) in [5, 5.41) is 3.28. The minimum absolute atomic E-state index is 0.0126. The molecule has 17 heavy (non-hydrogen) atoms. The average molecular weight is 243 g/mol. The summed E-state index contributed by atoms with van der Waals surface area (Å²) >= 11 is 0. The lowest BCUT2D eigenvalue weighted by molar-refractivity contribution is -0.152. The van der Waals surface area contributed by atoms with E-state index in [1.807, 2.05) is 20.8 Å². The molecule has 0 aliphatic carbocycles. The summed E-state index contributed by atoms with van der Waals surface area (Å²) in [5.74, 6) is 0.212. The summed E-state index contributed by atoms with van der Waals surface area (Å²) in [7, 11) is 0. The Morgan fingerprint density at radius 2 is 1.94 bits per heavy atom. The van der Waals surface area contributed by atoms with E-state index >= 15 is 0 Å². The molecule has 1 unspecified atom stereocenters. The average Bonchev–Trinajstić information content (AvgIpc) is 2.30. The Kier molecular flexibility index (Phi) is 6.52. The lowest BCUT2D eigenvalue weighted by atomic mass is 10.1. The zero-order valence-electron chi connectivity index (χ0n) is 11.2. The molecule has 0 aromatic heterocycles. The van der Waals surface area contributed by atoms with Crippen LogP contribution in [0.5, 0.6) is 0 Å². The van der Waals surface area contributed by atoms with Gasteiger partial charge in [0.15, 0.2) is 0 Å². The van der Waals surface area contributed by atoms with Crippen molar-refractivity contribution in [3.8, 4) is 0 Å². The van der Waals surface area contributed by atoms with Gasteiger partial charge in [0.2, 0.25) is 0 Å². The van der Waals surface area contributed by atoms with Crippen molar-refractivity contribution in [1.82, 2.24) is 5.32 Å². The van der Waals surface area contributed by atoms with Gasteiger partial charge in [0.1, 0.15) is 6.10 Å². The van der Waals surface area contributed by atoms with Crippen molar-refractivity contribution in [3.05, 3.63) is 0 Å². The summed E-state index contributed by atoms with van der Waals surface area (Å²) < 4.78 is 10.9. The lowest BCUT2D eigenvalue weighted by Crippen LogP contribution is -2.33. The van der Waals surface area contributed by atoms with E-state index in [1.54, 1.807) is 0 Å². The van der Waals surface area contributed by atoms with Crippen LogP contribution < -0.4 is 5.32 Å². The molecule has 1 fully saturated rings. The fraction of sp³-hybridized carbons (Fsp3) is 0.923. The number of esters is 1. The zero-order valence-corrected chi connectivity index (χ0v) is 11.2. The Hall–Kier alpha value is -0.610. The molecule has 1 atom stereocenters. The van der Waals surface area contributed by atoms with E-state index in [2.05, 4.69) is 5.32 Å². The summed E-state index contributed by atoms with van der Waals surface area (Å²) in [5.41, 5.74) is 0. The van der Waals surface area contributed by atoms with Crippen LogP contribution in [0.25, 0.3) is 0 Å². The Bertz CT molecular complexity index is 225. The summed E-state index contributed by atoms with van der Waals surface area (Å²) in [6, 6.07) is 0. The van der Waals surface area contributed by atoms with Crippen molar-refractivity contribution in [2.24, 2.45) is 5.92 Å². The SMILES string of the molecule is CC(C)C(C)OC(=O)CCOC1CCNCC1. The number of nitrogens with one attached hydrogen (secondary N) is 1. The highest BCUT2D eigenvalue weighted by molar-refractivity contribution is 5.69. The third-order valence-electron chi connectivity index (χ3n) is 3.20. The van der Waals surface area contributed by atoms with Gasteiger partial charge < -0.3 is 14.8 Å². The van der Waals surface area contributed by atoms with Gasteiger partial charge in [0.05, 0.1) is 19.1 Å². The molecule has 1 aliphatic rings. The topological polar surface area (TPSA) is 47.6 Å². The van der Waals surface area contributed by atoms with E-state index in [1.165, 1.54) is 0 Å².